The van der Waals surface area contributed by atoms with E-state index in [9.17, 15) is 9.59 Å². The average molecular weight is 617 g/mol. The molecule has 0 radical (unpaired) electrons. The fourth-order valence-corrected chi connectivity index (χ4v) is 5.63. The van der Waals surface area contributed by atoms with Crippen molar-refractivity contribution in [1.29, 1.82) is 0 Å². The molecular formula is C34H37ClN4O5. The Morgan fingerprint density at radius 1 is 1.05 bits per heavy atom. The Hall–Kier alpha value is -4.37. The van der Waals surface area contributed by atoms with Crippen molar-refractivity contribution < 1.29 is 23.8 Å². The molecule has 0 N–H and O–H groups in total. The lowest BCUT2D eigenvalue weighted by Gasteiger charge is -2.38. The summed E-state index contributed by atoms with van der Waals surface area (Å²) in [7, 11) is 1.59. The van der Waals surface area contributed by atoms with Crippen LogP contribution in [0.4, 0.5) is 10.5 Å². The number of benzene rings is 2. The number of amides is 1. The van der Waals surface area contributed by atoms with E-state index in [-0.39, 0.29) is 18.4 Å². The van der Waals surface area contributed by atoms with Gasteiger partial charge in [-0.15, -0.1) is 0 Å². The van der Waals surface area contributed by atoms with E-state index in [1.165, 1.54) is 4.68 Å². The fraction of sp³-hybridized carbons (Fsp3) is 0.353. The first-order valence-corrected chi connectivity index (χ1v) is 14.9. The van der Waals surface area contributed by atoms with Crippen LogP contribution >= 0.6 is 11.6 Å². The number of fused-ring (bicyclic) bond motifs is 1. The molecule has 0 bridgehead atoms. The van der Waals surface area contributed by atoms with Crippen molar-refractivity contribution in [3.05, 3.63) is 87.8 Å². The number of anilines is 1. The zero-order valence-electron chi connectivity index (χ0n) is 26.3. The second-order valence-electron chi connectivity index (χ2n) is 12.1. The number of methoxy groups -OCH3 is 1. The molecule has 1 atom stereocenters. The third-order valence-corrected chi connectivity index (χ3v) is 7.53. The van der Waals surface area contributed by atoms with E-state index in [4.69, 9.17) is 30.8 Å². The molecule has 1 aliphatic rings. The third kappa shape index (κ3) is 6.15. The smallest absolute Gasteiger partial charge is 0.435 e. The van der Waals surface area contributed by atoms with Crippen LogP contribution in [-0.4, -0.2) is 45.6 Å². The van der Waals surface area contributed by atoms with Gasteiger partial charge >= 0.3 is 6.09 Å². The number of carbonyl (C=O) groups is 2. The molecule has 3 heterocycles. The van der Waals surface area contributed by atoms with Crippen molar-refractivity contribution in [3.63, 3.8) is 0 Å². The van der Waals surface area contributed by atoms with E-state index < -0.39 is 17.7 Å². The first-order chi connectivity index (χ1) is 20.8. The van der Waals surface area contributed by atoms with Crippen molar-refractivity contribution in [3.8, 4) is 22.8 Å². The number of hydrogen-bond donors (Lipinski definition) is 0. The van der Waals surface area contributed by atoms with Gasteiger partial charge in [0.05, 0.1) is 54.6 Å². The van der Waals surface area contributed by atoms with E-state index in [0.29, 0.717) is 39.3 Å². The predicted octanol–water partition coefficient (Wildman–Crippen LogP) is 7.47. The van der Waals surface area contributed by atoms with Crippen molar-refractivity contribution in [2.45, 2.75) is 72.6 Å². The lowest BCUT2D eigenvalue weighted by atomic mass is 9.87. The molecule has 0 saturated heterocycles. The van der Waals surface area contributed by atoms with Crippen molar-refractivity contribution in [2.75, 3.05) is 12.0 Å². The van der Waals surface area contributed by atoms with E-state index >= 15 is 0 Å². The summed E-state index contributed by atoms with van der Waals surface area (Å²) in [6.45, 7) is 13.0. The molecule has 1 amide bonds. The summed E-state index contributed by atoms with van der Waals surface area (Å²) in [6, 6.07) is 14.6. The number of halogens is 1. The highest BCUT2D eigenvalue weighted by atomic mass is 35.5. The molecule has 1 aliphatic heterocycles. The van der Waals surface area contributed by atoms with Crippen LogP contribution in [0.15, 0.2) is 54.7 Å². The van der Waals surface area contributed by atoms with Crippen LogP contribution < -0.4 is 14.4 Å². The Morgan fingerprint density at radius 3 is 2.34 bits per heavy atom. The molecule has 0 unspecified atom stereocenters. The van der Waals surface area contributed by atoms with Crippen LogP contribution in [0.3, 0.4) is 0 Å². The van der Waals surface area contributed by atoms with E-state index in [1.807, 2.05) is 97.0 Å². The molecule has 5 rings (SSSR count). The number of hydrogen-bond acceptors (Lipinski definition) is 7. The van der Waals surface area contributed by atoms with Gasteiger partial charge in [0.2, 0.25) is 5.91 Å². The van der Waals surface area contributed by atoms with Gasteiger partial charge in [0, 0.05) is 10.6 Å². The number of pyridine rings is 1. The van der Waals surface area contributed by atoms with E-state index in [2.05, 4.69) is 5.10 Å². The maximum absolute atomic E-state index is 13.9. The topological polar surface area (TPSA) is 95.8 Å². The van der Waals surface area contributed by atoms with Gasteiger partial charge in [-0.25, -0.2) is 4.79 Å². The number of rotatable bonds is 6. The van der Waals surface area contributed by atoms with Crippen LogP contribution in [0, 0.1) is 13.8 Å². The maximum atomic E-state index is 13.9. The van der Waals surface area contributed by atoms with Crippen LogP contribution in [0.1, 0.15) is 68.7 Å². The van der Waals surface area contributed by atoms with Gasteiger partial charge in [-0.05, 0) is 102 Å². The summed E-state index contributed by atoms with van der Waals surface area (Å²) in [5.41, 5.74) is 5.27. The molecule has 230 valence electrons. The summed E-state index contributed by atoms with van der Waals surface area (Å²) in [4.78, 5) is 33.1. The number of ether oxygens (including phenoxy) is 3. The zero-order chi connectivity index (χ0) is 31.9. The normalized spacial score (nSPS) is 14.9. The molecule has 9 nitrogen and oxygen atoms in total. The highest BCUT2D eigenvalue weighted by Crippen LogP contribution is 2.44. The third-order valence-electron chi connectivity index (χ3n) is 7.28. The minimum absolute atomic E-state index is 0.0689. The first-order valence-electron chi connectivity index (χ1n) is 14.5. The van der Waals surface area contributed by atoms with Gasteiger partial charge in [-0.1, -0.05) is 23.7 Å². The summed E-state index contributed by atoms with van der Waals surface area (Å²) < 4.78 is 18.5. The summed E-state index contributed by atoms with van der Waals surface area (Å²) in [5, 5.41) is 5.03. The molecule has 2 aromatic heterocycles. The Bertz CT molecular complexity index is 1710. The van der Waals surface area contributed by atoms with Gasteiger partial charge in [-0.2, -0.15) is 9.78 Å². The monoisotopic (exact) mass is 616 g/mol. The molecule has 0 spiro atoms. The summed E-state index contributed by atoms with van der Waals surface area (Å²) in [6.07, 6.45) is 1.24. The number of nitrogens with zero attached hydrogens (tertiary/aromatic N) is 4. The molecule has 2 aromatic carbocycles. The molecular weight excluding hydrogens is 580 g/mol. The predicted molar refractivity (Wildman–Crippen MR) is 170 cm³/mol. The van der Waals surface area contributed by atoms with E-state index in [1.54, 1.807) is 18.2 Å². The van der Waals surface area contributed by atoms with Gasteiger partial charge in [-0.3, -0.25) is 14.7 Å². The number of carbonyl (C=O) groups excluding carboxylic acids is 2. The molecule has 0 aliphatic carbocycles. The quantitative estimate of drug-likeness (QED) is 0.222. The average Bonchev–Trinajstić information content (AvgIpc) is 3.25. The van der Waals surface area contributed by atoms with Crippen molar-refractivity contribution in [2.24, 2.45) is 0 Å². The van der Waals surface area contributed by atoms with Gasteiger partial charge in [0.1, 0.15) is 5.60 Å². The zero-order valence-corrected chi connectivity index (χ0v) is 27.0. The number of aromatic nitrogens is 3. The van der Waals surface area contributed by atoms with Crippen LogP contribution in [0.2, 0.25) is 5.02 Å². The second kappa shape index (κ2) is 12.0. The highest BCUT2D eigenvalue weighted by molar-refractivity contribution is 6.30. The standard InChI is InChI=1S/C34H37ClN4O5/c1-19(2)43-29-17-26-23(15-28(29)42-8)16-30(40)38(32(26)22-9-11-24(35)12-10-22)25-13-14-27(36-18-25)31-20(3)37-39(21(31)4)33(41)44-34(5,6)7/h9-15,17-19,32H,16H2,1-8H3/t32-/m0/s1. The first kappa shape index (κ1) is 31.1. The van der Waals surface area contributed by atoms with Crippen LogP contribution in [-0.2, 0) is 16.0 Å². The maximum Gasteiger partial charge on any atom is 0.435 e. The SMILES string of the molecule is COc1cc2c(cc1OC(C)C)[C@H](c1ccc(Cl)cc1)N(c1ccc(-c3c(C)nn(C(=O)OC(C)(C)C)c3C)nc1)C(=O)C2. The molecule has 0 fully saturated rings. The van der Waals surface area contributed by atoms with Gasteiger partial charge in [0.25, 0.3) is 0 Å². The minimum atomic E-state index is -0.656. The highest BCUT2D eigenvalue weighted by Gasteiger charge is 2.36. The lowest BCUT2D eigenvalue weighted by Crippen LogP contribution is -2.41. The van der Waals surface area contributed by atoms with Crippen LogP contribution in [0.5, 0.6) is 11.5 Å². The summed E-state index contributed by atoms with van der Waals surface area (Å²) >= 11 is 6.25. The fourth-order valence-electron chi connectivity index (χ4n) is 5.50. The lowest BCUT2D eigenvalue weighted by molar-refractivity contribution is -0.118. The minimum Gasteiger partial charge on any atom is -0.493 e. The molecule has 10 heteroatoms. The van der Waals surface area contributed by atoms with Crippen molar-refractivity contribution in [1.82, 2.24) is 14.8 Å². The van der Waals surface area contributed by atoms with Gasteiger partial charge < -0.3 is 14.2 Å². The summed E-state index contributed by atoms with van der Waals surface area (Å²) in [5.74, 6) is 1.10. The molecule has 0 saturated carbocycles. The Balaban J connectivity index is 1.58. The number of aryl methyl sites for hydroxylation is 1. The van der Waals surface area contributed by atoms with E-state index in [0.717, 1.165) is 22.3 Å². The largest absolute Gasteiger partial charge is 0.493 e. The van der Waals surface area contributed by atoms with Crippen LogP contribution in [0.25, 0.3) is 11.3 Å². The van der Waals surface area contributed by atoms with Gasteiger partial charge in [0.15, 0.2) is 11.5 Å². The molecule has 4 aromatic rings. The Labute approximate surface area is 262 Å². The second-order valence-corrected chi connectivity index (χ2v) is 12.5. The molecule has 44 heavy (non-hydrogen) atoms. The van der Waals surface area contributed by atoms with Crippen molar-refractivity contribution >= 4 is 29.3 Å². The Morgan fingerprint density at radius 2 is 1.75 bits per heavy atom. The Kier molecular flexibility index (Phi) is 8.44.